The summed E-state index contributed by atoms with van der Waals surface area (Å²) in [4.78, 5) is 0. The van der Waals surface area contributed by atoms with Gasteiger partial charge >= 0.3 is 0 Å². The van der Waals surface area contributed by atoms with Crippen molar-refractivity contribution < 1.29 is 0 Å². The Morgan fingerprint density at radius 3 is 2.12 bits per heavy atom. The fraction of sp³-hybridized carbons (Fsp3) is 0.250. The van der Waals surface area contributed by atoms with Gasteiger partial charge in [-0.05, 0) is 23.5 Å². The largest absolute Gasteiger partial charge is 0.309 e. The minimum Gasteiger partial charge on any atom is -0.309 e. The van der Waals surface area contributed by atoms with Gasteiger partial charge in [-0.1, -0.05) is 60.7 Å². The average Bonchev–Trinajstić information content (AvgIpc) is 2.37. The summed E-state index contributed by atoms with van der Waals surface area (Å²) < 4.78 is 0. The molecule has 3 rings (SSSR count). The molecule has 0 saturated carbocycles. The second-order valence-electron chi connectivity index (χ2n) is 4.75. The van der Waals surface area contributed by atoms with Crippen LogP contribution in [0.3, 0.4) is 0 Å². The summed E-state index contributed by atoms with van der Waals surface area (Å²) in [5.41, 5.74) is 2.86. The van der Waals surface area contributed by atoms with Crippen LogP contribution in [-0.4, -0.2) is 6.54 Å². The van der Waals surface area contributed by atoms with Gasteiger partial charge in [-0.3, -0.25) is 0 Å². The predicted molar refractivity (Wildman–Crippen MR) is 70.8 cm³/mol. The summed E-state index contributed by atoms with van der Waals surface area (Å²) in [6.07, 6.45) is 1.17. The van der Waals surface area contributed by atoms with Crippen LogP contribution in [0.5, 0.6) is 0 Å². The van der Waals surface area contributed by atoms with Crippen LogP contribution in [0.25, 0.3) is 0 Å². The Hall–Kier alpha value is -1.60. The van der Waals surface area contributed by atoms with Gasteiger partial charge in [-0.15, -0.1) is 0 Å². The molecule has 0 spiro atoms. The van der Waals surface area contributed by atoms with Crippen molar-refractivity contribution in [3.8, 4) is 0 Å². The molecule has 0 amide bonds. The summed E-state index contributed by atoms with van der Waals surface area (Å²) in [5, 5.41) is 3.53. The van der Waals surface area contributed by atoms with Crippen LogP contribution >= 0.6 is 0 Å². The van der Waals surface area contributed by atoms with Gasteiger partial charge in [0.15, 0.2) is 0 Å². The zero-order chi connectivity index (χ0) is 11.5. The Morgan fingerprint density at radius 1 is 0.882 bits per heavy atom. The molecule has 1 heterocycles. The van der Waals surface area contributed by atoms with Crippen LogP contribution in [0.15, 0.2) is 60.7 Å². The SMILES string of the molecule is c1ccc(CC2CNC2c2ccccc2)cc1. The highest BCUT2D eigenvalue weighted by Crippen LogP contribution is 2.31. The first kappa shape index (κ1) is 10.5. The van der Waals surface area contributed by atoms with Crippen LogP contribution in [0.4, 0.5) is 0 Å². The Kier molecular flexibility index (Phi) is 2.93. The maximum Gasteiger partial charge on any atom is 0.0364 e. The first-order valence-corrected chi connectivity index (χ1v) is 6.26. The van der Waals surface area contributed by atoms with E-state index in [2.05, 4.69) is 66.0 Å². The zero-order valence-electron chi connectivity index (χ0n) is 9.84. The van der Waals surface area contributed by atoms with E-state index < -0.39 is 0 Å². The number of rotatable bonds is 3. The first-order valence-electron chi connectivity index (χ1n) is 6.26. The van der Waals surface area contributed by atoms with Crippen molar-refractivity contribution in [1.82, 2.24) is 5.32 Å². The van der Waals surface area contributed by atoms with Crippen molar-refractivity contribution >= 4 is 0 Å². The van der Waals surface area contributed by atoms with Gasteiger partial charge in [-0.25, -0.2) is 0 Å². The summed E-state index contributed by atoms with van der Waals surface area (Å²) >= 11 is 0. The van der Waals surface area contributed by atoms with Crippen molar-refractivity contribution in [3.63, 3.8) is 0 Å². The van der Waals surface area contributed by atoms with Crippen LogP contribution < -0.4 is 5.32 Å². The molecule has 1 saturated heterocycles. The molecule has 1 aliphatic heterocycles. The number of hydrogen-bond acceptors (Lipinski definition) is 1. The summed E-state index contributed by atoms with van der Waals surface area (Å²) in [6, 6.07) is 22.1. The third kappa shape index (κ3) is 2.25. The minimum atomic E-state index is 0.538. The van der Waals surface area contributed by atoms with Crippen molar-refractivity contribution in [3.05, 3.63) is 71.8 Å². The van der Waals surface area contributed by atoms with E-state index in [0.717, 1.165) is 12.5 Å². The molecule has 1 aliphatic rings. The fourth-order valence-electron chi connectivity index (χ4n) is 2.56. The topological polar surface area (TPSA) is 12.0 Å². The molecule has 0 aromatic heterocycles. The lowest BCUT2D eigenvalue weighted by Gasteiger charge is -2.38. The van der Waals surface area contributed by atoms with Crippen molar-refractivity contribution in [2.75, 3.05) is 6.54 Å². The Morgan fingerprint density at radius 2 is 1.53 bits per heavy atom. The Labute approximate surface area is 102 Å². The van der Waals surface area contributed by atoms with E-state index in [0.29, 0.717) is 6.04 Å². The molecule has 0 aliphatic carbocycles. The lowest BCUT2D eigenvalue weighted by Crippen LogP contribution is -2.46. The predicted octanol–water partition coefficient (Wildman–Crippen LogP) is 3.19. The maximum atomic E-state index is 3.53. The summed E-state index contributed by atoms with van der Waals surface area (Å²) in [5.74, 6) is 0.736. The van der Waals surface area contributed by atoms with E-state index in [9.17, 15) is 0 Å². The van der Waals surface area contributed by atoms with E-state index >= 15 is 0 Å². The van der Waals surface area contributed by atoms with Gasteiger partial charge in [0, 0.05) is 12.6 Å². The molecule has 0 bridgehead atoms. The molecule has 1 fully saturated rings. The second kappa shape index (κ2) is 4.72. The minimum absolute atomic E-state index is 0.538. The van der Waals surface area contributed by atoms with Gasteiger partial charge in [-0.2, -0.15) is 0 Å². The lowest BCUT2D eigenvalue weighted by atomic mass is 9.82. The van der Waals surface area contributed by atoms with Gasteiger partial charge in [0.05, 0.1) is 0 Å². The number of nitrogens with one attached hydrogen (secondary N) is 1. The van der Waals surface area contributed by atoms with E-state index in [-0.39, 0.29) is 0 Å². The summed E-state index contributed by atoms with van der Waals surface area (Å²) in [7, 11) is 0. The van der Waals surface area contributed by atoms with Crippen LogP contribution in [0, 0.1) is 5.92 Å². The molecular formula is C16H17N. The standard InChI is InChI=1S/C16H17N/c1-3-7-13(8-4-1)11-15-12-17-16(15)14-9-5-2-6-10-14/h1-10,15-17H,11-12H2. The smallest absolute Gasteiger partial charge is 0.0364 e. The number of hydrogen-bond donors (Lipinski definition) is 1. The Balaban J connectivity index is 1.70. The molecule has 1 nitrogen and oxygen atoms in total. The number of benzene rings is 2. The monoisotopic (exact) mass is 223 g/mol. The molecule has 1 N–H and O–H groups in total. The molecule has 17 heavy (non-hydrogen) atoms. The van der Waals surface area contributed by atoms with E-state index in [1.807, 2.05) is 0 Å². The maximum absolute atomic E-state index is 3.53. The van der Waals surface area contributed by atoms with Gasteiger partial charge in [0.25, 0.3) is 0 Å². The van der Waals surface area contributed by atoms with Crippen molar-refractivity contribution in [2.45, 2.75) is 12.5 Å². The zero-order valence-corrected chi connectivity index (χ0v) is 9.84. The van der Waals surface area contributed by atoms with Gasteiger partial charge in [0.2, 0.25) is 0 Å². The average molecular weight is 223 g/mol. The second-order valence-corrected chi connectivity index (χ2v) is 4.75. The Bertz CT molecular complexity index is 463. The molecule has 2 atom stereocenters. The van der Waals surface area contributed by atoms with Crippen LogP contribution in [0.1, 0.15) is 17.2 Å². The third-order valence-corrected chi connectivity index (χ3v) is 3.57. The lowest BCUT2D eigenvalue weighted by molar-refractivity contribution is 0.234. The molecule has 2 unspecified atom stereocenters. The quantitative estimate of drug-likeness (QED) is 0.842. The van der Waals surface area contributed by atoms with Crippen LogP contribution in [0.2, 0.25) is 0 Å². The van der Waals surface area contributed by atoms with Crippen molar-refractivity contribution in [2.24, 2.45) is 5.92 Å². The van der Waals surface area contributed by atoms with E-state index in [1.165, 1.54) is 17.5 Å². The van der Waals surface area contributed by atoms with Gasteiger partial charge in [0.1, 0.15) is 0 Å². The summed E-state index contributed by atoms with van der Waals surface area (Å²) in [6.45, 7) is 1.13. The molecular weight excluding hydrogens is 206 g/mol. The van der Waals surface area contributed by atoms with E-state index in [4.69, 9.17) is 0 Å². The molecule has 2 aromatic carbocycles. The normalized spacial score (nSPS) is 23.1. The van der Waals surface area contributed by atoms with Crippen LogP contribution in [-0.2, 0) is 6.42 Å². The molecule has 1 heteroatoms. The molecule has 0 radical (unpaired) electrons. The highest BCUT2D eigenvalue weighted by molar-refractivity contribution is 5.24. The van der Waals surface area contributed by atoms with Gasteiger partial charge < -0.3 is 5.32 Å². The van der Waals surface area contributed by atoms with Crippen molar-refractivity contribution in [1.29, 1.82) is 0 Å². The molecule has 2 aromatic rings. The molecule has 86 valence electrons. The third-order valence-electron chi connectivity index (χ3n) is 3.57. The highest BCUT2D eigenvalue weighted by Gasteiger charge is 2.31. The fourth-order valence-corrected chi connectivity index (χ4v) is 2.56. The highest BCUT2D eigenvalue weighted by atomic mass is 15.0. The van der Waals surface area contributed by atoms with E-state index in [1.54, 1.807) is 0 Å². The first-order chi connectivity index (χ1) is 8.43.